The van der Waals surface area contributed by atoms with Gasteiger partial charge in [0.2, 0.25) is 0 Å². The molecule has 1 aromatic rings. The molecule has 1 nitrogen and oxygen atoms in total. The highest BCUT2D eigenvalue weighted by atomic mass is 32.2. The quantitative estimate of drug-likeness (QED) is 0.518. The van der Waals surface area contributed by atoms with Gasteiger partial charge >= 0.3 is 0 Å². The zero-order chi connectivity index (χ0) is 13.6. The average molecular weight is 271 g/mol. The maximum atomic E-state index is 4.79. The Hall–Kier alpha value is -1.28. The van der Waals surface area contributed by atoms with Crippen molar-refractivity contribution in [2.75, 3.05) is 0 Å². The van der Waals surface area contributed by atoms with Crippen molar-refractivity contribution in [3.63, 3.8) is 0 Å². The molecule has 2 rings (SSSR count). The van der Waals surface area contributed by atoms with Crippen LogP contribution in [0, 0.1) is 0 Å². The Morgan fingerprint density at radius 3 is 2.58 bits per heavy atom. The highest BCUT2D eigenvalue weighted by molar-refractivity contribution is 8.15. The van der Waals surface area contributed by atoms with Gasteiger partial charge in [-0.15, -0.1) is 0 Å². The van der Waals surface area contributed by atoms with E-state index >= 15 is 0 Å². The van der Waals surface area contributed by atoms with Crippen molar-refractivity contribution < 1.29 is 0 Å². The second kappa shape index (κ2) is 6.76. The van der Waals surface area contributed by atoms with Crippen molar-refractivity contribution in [2.45, 2.75) is 37.9 Å². The molecule has 1 aliphatic carbocycles. The van der Waals surface area contributed by atoms with Crippen LogP contribution in [0.5, 0.6) is 0 Å². The molecular weight excluding hydrogens is 250 g/mol. The first-order valence-corrected chi connectivity index (χ1v) is 7.75. The third-order valence-electron chi connectivity index (χ3n) is 3.34. The molecule has 1 aromatic carbocycles. The summed E-state index contributed by atoms with van der Waals surface area (Å²) in [6.07, 6.45) is 12.1. The number of nitrogens with zero attached hydrogens (tertiary/aromatic N) is 1. The molecule has 0 fully saturated rings. The number of aliphatic imine (C=N–C) groups is 1. The summed E-state index contributed by atoms with van der Waals surface area (Å²) in [6.45, 7) is 4.44. The highest BCUT2D eigenvalue weighted by Crippen LogP contribution is 2.38. The van der Waals surface area contributed by atoms with E-state index in [1.165, 1.54) is 5.04 Å². The third-order valence-corrected chi connectivity index (χ3v) is 4.96. The van der Waals surface area contributed by atoms with E-state index in [2.05, 4.69) is 50.3 Å². The fraction of sp³-hybridized carbons (Fsp3) is 0.353. The Bertz CT molecular complexity index is 487. The van der Waals surface area contributed by atoms with Gasteiger partial charge in [0, 0.05) is 4.75 Å². The Morgan fingerprint density at radius 2 is 2.00 bits per heavy atom. The van der Waals surface area contributed by atoms with Gasteiger partial charge in [-0.3, -0.25) is 0 Å². The van der Waals surface area contributed by atoms with Crippen LogP contribution >= 0.6 is 11.8 Å². The molecule has 2 heteroatoms. The van der Waals surface area contributed by atoms with Crippen molar-refractivity contribution in [3.8, 4) is 0 Å². The van der Waals surface area contributed by atoms with Crippen molar-refractivity contribution in [1.82, 2.24) is 0 Å². The molecule has 100 valence electrons. The Morgan fingerprint density at radius 1 is 1.21 bits per heavy atom. The van der Waals surface area contributed by atoms with Crippen LogP contribution in [0.2, 0.25) is 0 Å². The van der Waals surface area contributed by atoms with Gasteiger partial charge < -0.3 is 0 Å². The lowest BCUT2D eigenvalue weighted by Gasteiger charge is -2.29. The summed E-state index contributed by atoms with van der Waals surface area (Å²) in [5.41, 5.74) is 1.05. The summed E-state index contributed by atoms with van der Waals surface area (Å²) in [6, 6.07) is 10.2. The largest absolute Gasteiger partial charge is 0.247 e. The van der Waals surface area contributed by atoms with Crippen LogP contribution in [0.25, 0.3) is 0 Å². The lowest BCUT2D eigenvalue weighted by atomic mass is 9.97. The first-order chi connectivity index (χ1) is 9.28. The first-order valence-electron chi connectivity index (χ1n) is 6.94. The normalized spacial score (nSPS) is 22.7. The SMILES string of the molecule is CCC(=Nc1ccccc1)SC1(CC)C=CC=CC1. The van der Waals surface area contributed by atoms with Crippen LogP contribution < -0.4 is 0 Å². The fourth-order valence-corrected chi connectivity index (χ4v) is 3.35. The maximum Gasteiger partial charge on any atom is 0.0744 e. The zero-order valence-electron chi connectivity index (χ0n) is 11.7. The summed E-state index contributed by atoms with van der Waals surface area (Å²) in [5.74, 6) is 0. The molecule has 0 radical (unpaired) electrons. The number of hydrogen-bond donors (Lipinski definition) is 0. The van der Waals surface area contributed by atoms with E-state index in [0.717, 1.165) is 24.9 Å². The second-order valence-electron chi connectivity index (χ2n) is 4.71. The Labute approximate surface area is 120 Å². The molecule has 1 atom stereocenters. The molecule has 0 amide bonds. The van der Waals surface area contributed by atoms with Crippen LogP contribution in [-0.4, -0.2) is 9.79 Å². The van der Waals surface area contributed by atoms with Crippen LogP contribution in [0.4, 0.5) is 5.69 Å². The number of para-hydroxylation sites is 1. The lowest BCUT2D eigenvalue weighted by molar-refractivity contribution is 0.691. The van der Waals surface area contributed by atoms with E-state index in [4.69, 9.17) is 4.99 Å². The minimum Gasteiger partial charge on any atom is -0.247 e. The average Bonchev–Trinajstić information content (AvgIpc) is 2.48. The van der Waals surface area contributed by atoms with Gasteiger partial charge in [-0.05, 0) is 31.4 Å². The molecule has 1 aliphatic rings. The van der Waals surface area contributed by atoms with Gasteiger partial charge in [0.05, 0.1) is 10.7 Å². The van der Waals surface area contributed by atoms with Crippen LogP contribution in [-0.2, 0) is 0 Å². The minimum absolute atomic E-state index is 0.193. The molecule has 0 aliphatic heterocycles. The second-order valence-corrected chi connectivity index (χ2v) is 6.19. The van der Waals surface area contributed by atoms with Gasteiger partial charge in [-0.1, -0.05) is 68.1 Å². The molecule has 0 saturated carbocycles. The molecule has 0 bridgehead atoms. The van der Waals surface area contributed by atoms with Crippen molar-refractivity contribution in [2.24, 2.45) is 4.99 Å². The van der Waals surface area contributed by atoms with Crippen LogP contribution in [0.3, 0.4) is 0 Å². The topological polar surface area (TPSA) is 12.4 Å². The monoisotopic (exact) mass is 271 g/mol. The predicted molar refractivity (Wildman–Crippen MR) is 87.3 cm³/mol. The molecular formula is C17H21NS. The van der Waals surface area contributed by atoms with E-state index in [0.29, 0.717) is 0 Å². The summed E-state index contributed by atoms with van der Waals surface area (Å²) < 4.78 is 0.193. The van der Waals surface area contributed by atoms with Crippen LogP contribution in [0.15, 0.2) is 59.6 Å². The minimum atomic E-state index is 0.193. The number of rotatable bonds is 4. The molecule has 0 saturated heterocycles. The standard InChI is InChI=1S/C17H21NS/c1-3-16(18-15-11-7-5-8-12-15)19-17(4-2)13-9-6-10-14-17/h5-13H,3-4,14H2,1-2H3. The van der Waals surface area contributed by atoms with Gasteiger partial charge in [0.25, 0.3) is 0 Å². The number of benzene rings is 1. The summed E-state index contributed by atoms with van der Waals surface area (Å²) in [7, 11) is 0. The maximum absolute atomic E-state index is 4.79. The molecule has 0 heterocycles. The van der Waals surface area contributed by atoms with Crippen molar-refractivity contribution in [1.29, 1.82) is 0 Å². The predicted octanol–water partition coefficient (Wildman–Crippen LogP) is 5.52. The van der Waals surface area contributed by atoms with Crippen molar-refractivity contribution >= 4 is 22.5 Å². The third kappa shape index (κ3) is 3.84. The molecule has 0 N–H and O–H groups in total. The zero-order valence-corrected chi connectivity index (χ0v) is 12.5. The lowest BCUT2D eigenvalue weighted by Crippen LogP contribution is -2.23. The number of thioether (sulfide) groups is 1. The summed E-state index contributed by atoms with van der Waals surface area (Å²) in [5, 5.41) is 1.22. The Kier molecular flexibility index (Phi) is 5.03. The van der Waals surface area contributed by atoms with Gasteiger partial charge in [-0.2, -0.15) is 0 Å². The molecule has 1 unspecified atom stereocenters. The van der Waals surface area contributed by atoms with E-state index in [1.54, 1.807) is 0 Å². The molecule has 0 aromatic heterocycles. The van der Waals surface area contributed by atoms with Crippen molar-refractivity contribution in [3.05, 3.63) is 54.6 Å². The summed E-state index contributed by atoms with van der Waals surface area (Å²) in [4.78, 5) is 4.79. The molecule has 19 heavy (non-hydrogen) atoms. The molecule has 0 spiro atoms. The van der Waals surface area contributed by atoms with E-state index in [1.807, 2.05) is 30.0 Å². The van der Waals surface area contributed by atoms with E-state index in [9.17, 15) is 0 Å². The first kappa shape index (κ1) is 14.1. The summed E-state index contributed by atoms with van der Waals surface area (Å²) >= 11 is 1.92. The van der Waals surface area contributed by atoms with E-state index in [-0.39, 0.29) is 4.75 Å². The van der Waals surface area contributed by atoms with Crippen LogP contribution in [0.1, 0.15) is 33.1 Å². The number of allylic oxidation sites excluding steroid dienone is 3. The van der Waals surface area contributed by atoms with Gasteiger partial charge in [0.15, 0.2) is 0 Å². The van der Waals surface area contributed by atoms with E-state index < -0.39 is 0 Å². The smallest absolute Gasteiger partial charge is 0.0744 e. The van der Waals surface area contributed by atoms with Gasteiger partial charge in [-0.25, -0.2) is 4.99 Å². The number of hydrogen-bond acceptors (Lipinski definition) is 2. The Balaban J connectivity index is 2.17. The van der Waals surface area contributed by atoms with Gasteiger partial charge in [0.1, 0.15) is 0 Å². The highest BCUT2D eigenvalue weighted by Gasteiger charge is 2.27. The fourth-order valence-electron chi connectivity index (χ4n) is 2.11.